The van der Waals surface area contributed by atoms with Gasteiger partial charge < -0.3 is 10.6 Å². The van der Waals surface area contributed by atoms with Crippen molar-refractivity contribution in [2.24, 2.45) is 0 Å². The van der Waals surface area contributed by atoms with E-state index in [9.17, 15) is 0 Å². The lowest BCUT2D eigenvalue weighted by molar-refractivity contribution is 0.354. The van der Waals surface area contributed by atoms with Gasteiger partial charge in [-0.15, -0.1) is 0 Å². The van der Waals surface area contributed by atoms with Gasteiger partial charge in [-0.05, 0) is 51.6 Å². The molecule has 0 aromatic heterocycles. The molecule has 0 radical (unpaired) electrons. The Labute approximate surface area is 107 Å². The number of hydrogen-bond donors (Lipinski definition) is 2. The Morgan fingerprint density at radius 2 is 1.18 bits per heavy atom. The molecule has 0 aromatic rings. The summed E-state index contributed by atoms with van der Waals surface area (Å²) in [6, 6.07) is 1.69. The van der Waals surface area contributed by atoms with Crippen molar-refractivity contribution in [3.8, 4) is 0 Å². The van der Waals surface area contributed by atoms with E-state index >= 15 is 0 Å². The van der Waals surface area contributed by atoms with E-state index in [0.717, 1.165) is 12.1 Å². The van der Waals surface area contributed by atoms with Crippen molar-refractivity contribution >= 4 is 0 Å². The van der Waals surface area contributed by atoms with Gasteiger partial charge in [0, 0.05) is 12.1 Å². The SMILES string of the molecule is C(CCC1CCCCN1)CCC1CCCCN1. The Morgan fingerprint density at radius 3 is 1.59 bits per heavy atom. The first kappa shape index (κ1) is 13.4. The highest BCUT2D eigenvalue weighted by molar-refractivity contribution is 4.73. The summed E-state index contributed by atoms with van der Waals surface area (Å²) >= 11 is 0. The van der Waals surface area contributed by atoms with E-state index in [2.05, 4.69) is 10.6 Å². The average Bonchev–Trinajstić information content (AvgIpc) is 2.41. The molecule has 2 rings (SSSR count). The summed E-state index contributed by atoms with van der Waals surface area (Å²) in [4.78, 5) is 0. The third-order valence-corrected chi connectivity index (χ3v) is 4.43. The molecule has 2 aliphatic heterocycles. The second kappa shape index (κ2) is 8.10. The van der Waals surface area contributed by atoms with Crippen molar-refractivity contribution in [2.45, 2.75) is 82.7 Å². The third kappa shape index (κ3) is 5.39. The summed E-state index contributed by atoms with van der Waals surface area (Å²) < 4.78 is 0. The van der Waals surface area contributed by atoms with Gasteiger partial charge in [-0.1, -0.05) is 32.1 Å². The molecule has 17 heavy (non-hydrogen) atoms. The maximum atomic E-state index is 3.65. The summed E-state index contributed by atoms with van der Waals surface area (Å²) in [5.41, 5.74) is 0. The molecular formula is C15H30N2. The van der Waals surface area contributed by atoms with Crippen molar-refractivity contribution in [1.29, 1.82) is 0 Å². The molecule has 2 nitrogen and oxygen atoms in total. The van der Waals surface area contributed by atoms with Crippen LogP contribution in [0.1, 0.15) is 70.6 Å². The predicted molar refractivity (Wildman–Crippen MR) is 74.4 cm³/mol. The number of nitrogens with one attached hydrogen (secondary N) is 2. The van der Waals surface area contributed by atoms with Crippen molar-refractivity contribution in [1.82, 2.24) is 10.6 Å². The lowest BCUT2D eigenvalue weighted by Gasteiger charge is -2.24. The van der Waals surface area contributed by atoms with Crippen LogP contribution in [0.4, 0.5) is 0 Å². The van der Waals surface area contributed by atoms with Gasteiger partial charge in [-0.2, -0.15) is 0 Å². The van der Waals surface area contributed by atoms with E-state index in [1.807, 2.05) is 0 Å². The predicted octanol–water partition coefficient (Wildman–Crippen LogP) is 3.22. The van der Waals surface area contributed by atoms with E-state index in [4.69, 9.17) is 0 Å². The number of hydrogen-bond acceptors (Lipinski definition) is 2. The average molecular weight is 238 g/mol. The van der Waals surface area contributed by atoms with Crippen molar-refractivity contribution in [2.75, 3.05) is 13.1 Å². The van der Waals surface area contributed by atoms with Crippen LogP contribution in [0.25, 0.3) is 0 Å². The van der Waals surface area contributed by atoms with Crippen molar-refractivity contribution in [3.63, 3.8) is 0 Å². The summed E-state index contributed by atoms with van der Waals surface area (Å²) in [6.07, 6.45) is 15.7. The molecule has 0 aliphatic carbocycles. The zero-order chi connectivity index (χ0) is 11.8. The van der Waals surface area contributed by atoms with Gasteiger partial charge in [0.2, 0.25) is 0 Å². The molecule has 0 spiro atoms. The molecular weight excluding hydrogens is 208 g/mol. The molecule has 2 atom stereocenters. The van der Waals surface area contributed by atoms with Gasteiger partial charge in [-0.3, -0.25) is 0 Å². The lowest BCUT2D eigenvalue weighted by Crippen LogP contribution is -2.34. The number of piperidine rings is 2. The minimum absolute atomic E-state index is 0.844. The Bertz CT molecular complexity index is 161. The van der Waals surface area contributed by atoms with Crippen molar-refractivity contribution < 1.29 is 0 Å². The minimum Gasteiger partial charge on any atom is -0.314 e. The molecule has 2 N–H and O–H groups in total. The number of unbranched alkanes of at least 4 members (excludes halogenated alkanes) is 2. The molecule has 0 aromatic carbocycles. The molecule has 0 saturated carbocycles. The third-order valence-electron chi connectivity index (χ3n) is 4.43. The van der Waals surface area contributed by atoms with E-state index in [1.165, 1.54) is 83.7 Å². The Kier molecular flexibility index (Phi) is 6.36. The summed E-state index contributed by atoms with van der Waals surface area (Å²) in [5.74, 6) is 0. The van der Waals surface area contributed by atoms with Crippen LogP contribution in [0.2, 0.25) is 0 Å². The first-order valence-electron chi connectivity index (χ1n) is 7.92. The van der Waals surface area contributed by atoms with Crippen LogP contribution in [0.5, 0.6) is 0 Å². The fraction of sp³-hybridized carbons (Fsp3) is 1.00. The van der Waals surface area contributed by atoms with Crippen LogP contribution in [-0.2, 0) is 0 Å². The Balaban J connectivity index is 1.42. The van der Waals surface area contributed by atoms with Crippen LogP contribution in [-0.4, -0.2) is 25.2 Å². The lowest BCUT2D eigenvalue weighted by atomic mass is 9.96. The molecule has 2 heterocycles. The van der Waals surface area contributed by atoms with Crippen LogP contribution in [0, 0.1) is 0 Å². The van der Waals surface area contributed by atoms with Gasteiger partial charge in [0.05, 0.1) is 0 Å². The van der Waals surface area contributed by atoms with Crippen LogP contribution in [0.15, 0.2) is 0 Å². The fourth-order valence-electron chi connectivity index (χ4n) is 3.30. The minimum atomic E-state index is 0.844. The normalized spacial score (nSPS) is 30.4. The smallest absolute Gasteiger partial charge is 0.00670 e. The second-order valence-corrected chi connectivity index (χ2v) is 5.93. The van der Waals surface area contributed by atoms with Gasteiger partial charge in [-0.25, -0.2) is 0 Å². The van der Waals surface area contributed by atoms with E-state index in [0.29, 0.717) is 0 Å². The molecule has 0 bridgehead atoms. The highest BCUT2D eigenvalue weighted by Gasteiger charge is 2.13. The number of rotatable bonds is 6. The highest BCUT2D eigenvalue weighted by Crippen LogP contribution is 2.16. The molecule has 2 heteroatoms. The van der Waals surface area contributed by atoms with Crippen molar-refractivity contribution in [3.05, 3.63) is 0 Å². The zero-order valence-electron chi connectivity index (χ0n) is 11.3. The highest BCUT2D eigenvalue weighted by atomic mass is 14.9. The molecule has 100 valence electrons. The maximum absolute atomic E-state index is 3.65. The quantitative estimate of drug-likeness (QED) is 0.694. The topological polar surface area (TPSA) is 24.1 Å². The van der Waals surface area contributed by atoms with E-state index in [1.54, 1.807) is 0 Å². The Morgan fingerprint density at radius 1 is 0.647 bits per heavy atom. The Hall–Kier alpha value is -0.0800. The first-order chi connectivity index (χ1) is 8.45. The summed E-state index contributed by atoms with van der Waals surface area (Å²) in [7, 11) is 0. The molecule has 2 fully saturated rings. The summed E-state index contributed by atoms with van der Waals surface area (Å²) in [5, 5.41) is 7.29. The largest absolute Gasteiger partial charge is 0.314 e. The molecule has 0 amide bonds. The standard InChI is InChI=1S/C15H30N2/c1(2-8-14-10-4-6-12-16-14)3-9-15-11-5-7-13-17-15/h14-17H,1-13H2. The van der Waals surface area contributed by atoms with Crippen LogP contribution >= 0.6 is 0 Å². The maximum Gasteiger partial charge on any atom is 0.00670 e. The van der Waals surface area contributed by atoms with Gasteiger partial charge in [0.15, 0.2) is 0 Å². The van der Waals surface area contributed by atoms with Gasteiger partial charge >= 0.3 is 0 Å². The second-order valence-electron chi connectivity index (χ2n) is 5.93. The molecule has 2 aliphatic rings. The van der Waals surface area contributed by atoms with Gasteiger partial charge in [0.1, 0.15) is 0 Å². The summed E-state index contributed by atoms with van der Waals surface area (Å²) in [6.45, 7) is 2.52. The fourth-order valence-corrected chi connectivity index (χ4v) is 3.30. The monoisotopic (exact) mass is 238 g/mol. The first-order valence-corrected chi connectivity index (χ1v) is 7.92. The van der Waals surface area contributed by atoms with Gasteiger partial charge in [0.25, 0.3) is 0 Å². The van der Waals surface area contributed by atoms with E-state index < -0.39 is 0 Å². The zero-order valence-corrected chi connectivity index (χ0v) is 11.3. The van der Waals surface area contributed by atoms with E-state index in [-0.39, 0.29) is 0 Å². The van der Waals surface area contributed by atoms with Crippen LogP contribution < -0.4 is 10.6 Å². The molecule has 2 saturated heterocycles. The van der Waals surface area contributed by atoms with Crippen LogP contribution in [0.3, 0.4) is 0 Å². The molecule has 2 unspecified atom stereocenters.